The fraction of sp³-hybridized carbons (Fsp3) is 0.400. The number of hydrogen-bond donors (Lipinski definition) is 0. The first-order chi connectivity index (χ1) is 11.3. The van der Waals surface area contributed by atoms with Gasteiger partial charge in [0.25, 0.3) is 0 Å². The number of rotatable bonds is 10. The lowest BCUT2D eigenvalue weighted by Crippen LogP contribution is -2.13. The molecule has 0 nitrogen and oxygen atoms in total. The second-order valence-electron chi connectivity index (χ2n) is 5.82. The smallest absolute Gasteiger partial charge is 0.0613 e. The zero-order valence-corrected chi connectivity index (χ0v) is 16.5. The molecule has 0 amide bonds. The van der Waals surface area contributed by atoms with Crippen molar-refractivity contribution < 1.29 is 0 Å². The second kappa shape index (κ2) is 10.3. The average Bonchev–Trinajstić information content (AvgIpc) is 2.62. The summed E-state index contributed by atoms with van der Waals surface area (Å²) in [6, 6.07) is 21.5. The van der Waals surface area contributed by atoms with Gasteiger partial charge in [0.2, 0.25) is 0 Å². The van der Waals surface area contributed by atoms with Crippen molar-refractivity contribution in [3.05, 3.63) is 60.7 Å². The molecule has 0 aliphatic carbocycles. The summed E-state index contributed by atoms with van der Waals surface area (Å²) in [6.07, 6.45) is 8.07. The van der Waals surface area contributed by atoms with Gasteiger partial charge in [0.1, 0.15) is 0 Å². The van der Waals surface area contributed by atoms with Crippen LogP contribution in [0.2, 0.25) is 0 Å². The second-order valence-corrected chi connectivity index (χ2v) is 13.4. The van der Waals surface area contributed by atoms with Crippen LogP contribution in [0.3, 0.4) is 0 Å². The van der Waals surface area contributed by atoms with Crippen molar-refractivity contribution in [2.75, 3.05) is 5.75 Å². The van der Waals surface area contributed by atoms with Crippen LogP contribution in [0.1, 0.15) is 45.4 Å². The number of unbranched alkanes of at least 4 members (excludes halogenated alkanes) is 5. The quantitative estimate of drug-likeness (QED) is 0.368. The third kappa shape index (κ3) is 5.78. The van der Waals surface area contributed by atoms with Crippen LogP contribution < -0.4 is 10.6 Å². The molecular weight excluding hydrogens is 335 g/mol. The summed E-state index contributed by atoms with van der Waals surface area (Å²) in [7, 11) is 0. The Kier molecular flexibility index (Phi) is 8.44. The topological polar surface area (TPSA) is 0 Å². The van der Waals surface area contributed by atoms with E-state index >= 15 is 0 Å². The zero-order valence-electron chi connectivity index (χ0n) is 14.0. The molecule has 0 atom stereocenters. The lowest BCUT2D eigenvalue weighted by molar-refractivity contribution is 0.627. The van der Waals surface area contributed by atoms with E-state index < -0.39 is 5.24 Å². The maximum Gasteiger partial charge on any atom is 0.0613 e. The molecule has 0 bridgehead atoms. The Bertz CT molecular complexity index is 552. The van der Waals surface area contributed by atoms with Gasteiger partial charge >= 0.3 is 0 Å². The minimum atomic E-state index is -1.74. The van der Waals surface area contributed by atoms with Crippen molar-refractivity contribution in [2.45, 2.75) is 45.4 Å². The van der Waals surface area contributed by atoms with E-state index in [2.05, 4.69) is 67.6 Å². The maximum atomic E-state index is 6.23. The van der Waals surface area contributed by atoms with Gasteiger partial charge in [-0.1, -0.05) is 111 Å². The Morgan fingerprint density at radius 2 is 1.22 bits per heavy atom. The molecule has 0 aliphatic rings. The standard InChI is InChI=1S/C20H27PS2/c1-2-3-4-5-6-13-18-23-21(22,19-14-9-7-10-15-19)20-16-11-8-12-17-20/h7-12,14-17H,2-6,13,18H2,1H3. The highest BCUT2D eigenvalue weighted by atomic mass is 32.9. The fourth-order valence-electron chi connectivity index (χ4n) is 2.62. The predicted molar refractivity (Wildman–Crippen MR) is 112 cm³/mol. The van der Waals surface area contributed by atoms with Gasteiger partial charge in [0.05, 0.1) is 5.24 Å². The van der Waals surface area contributed by atoms with Crippen molar-refractivity contribution in [3.63, 3.8) is 0 Å². The molecular formula is C20H27PS2. The molecule has 0 saturated heterocycles. The monoisotopic (exact) mass is 362 g/mol. The molecule has 3 heteroatoms. The van der Waals surface area contributed by atoms with Crippen LogP contribution in [0.4, 0.5) is 0 Å². The van der Waals surface area contributed by atoms with E-state index in [1.54, 1.807) is 0 Å². The van der Waals surface area contributed by atoms with Gasteiger partial charge in [-0.15, -0.1) is 11.4 Å². The fourth-order valence-corrected chi connectivity index (χ4v) is 9.12. The van der Waals surface area contributed by atoms with Crippen molar-refractivity contribution >= 4 is 39.0 Å². The molecule has 124 valence electrons. The molecule has 0 spiro atoms. The molecule has 0 heterocycles. The van der Waals surface area contributed by atoms with E-state index in [9.17, 15) is 0 Å². The zero-order chi connectivity index (χ0) is 16.4. The molecule has 0 radical (unpaired) electrons. The summed E-state index contributed by atoms with van der Waals surface area (Å²) < 4.78 is 0. The van der Waals surface area contributed by atoms with Gasteiger partial charge in [-0.2, -0.15) is 0 Å². The van der Waals surface area contributed by atoms with Gasteiger partial charge in [0, 0.05) is 0 Å². The lowest BCUT2D eigenvalue weighted by Gasteiger charge is -2.22. The summed E-state index contributed by atoms with van der Waals surface area (Å²) in [6.45, 7) is 2.27. The van der Waals surface area contributed by atoms with Gasteiger partial charge < -0.3 is 0 Å². The van der Waals surface area contributed by atoms with Gasteiger partial charge in [-0.3, -0.25) is 0 Å². The molecule has 0 aromatic heterocycles. The van der Waals surface area contributed by atoms with E-state index in [1.807, 2.05) is 11.4 Å². The van der Waals surface area contributed by atoms with E-state index in [1.165, 1.54) is 54.9 Å². The highest BCUT2D eigenvalue weighted by molar-refractivity contribution is 8.75. The van der Waals surface area contributed by atoms with E-state index in [0.29, 0.717) is 0 Å². The Hall–Kier alpha value is -0.560. The summed E-state index contributed by atoms with van der Waals surface area (Å²) in [5.41, 5.74) is 0. The first-order valence-electron chi connectivity index (χ1n) is 8.63. The van der Waals surface area contributed by atoms with Crippen LogP contribution in [-0.2, 0) is 11.8 Å². The Morgan fingerprint density at radius 1 is 0.739 bits per heavy atom. The number of benzene rings is 2. The molecule has 23 heavy (non-hydrogen) atoms. The van der Waals surface area contributed by atoms with E-state index in [4.69, 9.17) is 11.8 Å². The molecule has 2 aromatic rings. The molecule has 0 saturated carbocycles. The predicted octanol–water partition coefficient (Wildman–Crippen LogP) is 6.13. The van der Waals surface area contributed by atoms with Crippen LogP contribution in [0, 0.1) is 0 Å². The van der Waals surface area contributed by atoms with Gasteiger partial charge in [0.15, 0.2) is 0 Å². The summed E-state index contributed by atoms with van der Waals surface area (Å²) in [5.74, 6) is 1.17. The molecule has 2 aromatic carbocycles. The molecule has 0 N–H and O–H groups in total. The van der Waals surface area contributed by atoms with Crippen LogP contribution >= 0.6 is 16.6 Å². The first kappa shape index (κ1) is 18.8. The van der Waals surface area contributed by atoms with Crippen LogP contribution in [0.25, 0.3) is 0 Å². The van der Waals surface area contributed by atoms with Crippen LogP contribution in [-0.4, -0.2) is 5.75 Å². The van der Waals surface area contributed by atoms with Gasteiger partial charge in [-0.05, 0) is 22.8 Å². The third-order valence-electron chi connectivity index (χ3n) is 3.96. The van der Waals surface area contributed by atoms with Crippen molar-refractivity contribution in [3.8, 4) is 0 Å². The van der Waals surface area contributed by atoms with Crippen molar-refractivity contribution in [1.82, 2.24) is 0 Å². The Balaban J connectivity index is 2.00. The Labute approximate surface area is 150 Å². The van der Waals surface area contributed by atoms with Crippen LogP contribution in [0.5, 0.6) is 0 Å². The summed E-state index contributed by atoms with van der Waals surface area (Å²) >= 11 is 8.25. The maximum absolute atomic E-state index is 6.23. The SMILES string of the molecule is CCCCCCCCSP(=S)(c1ccccc1)c1ccccc1. The minimum Gasteiger partial charge on any atom is -0.115 e. The number of hydrogen-bond acceptors (Lipinski definition) is 2. The molecule has 0 aliphatic heterocycles. The van der Waals surface area contributed by atoms with E-state index in [-0.39, 0.29) is 0 Å². The summed E-state index contributed by atoms with van der Waals surface area (Å²) in [5, 5.41) is 0.926. The van der Waals surface area contributed by atoms with E-state index in [0.717, 1.165) is 0 Å². The van der Waals surface area contributed by atoms with Crippen LogP contribution in [0.15, 0.2) is 60.7 Å². The Morgan fingerprint density at radius 3 is 1.74 bits per heavy atom. The summed E-state index contributed by atoms with van der Waals surface area (Å²) in [4.78, 5) is 0. The average molecular weight is 363 g/mol. The van der Waals surface area contributed by atoms with Gasteiger partial charge in [-0.25, -0.2) is 0 Å². The molecule has 0 unspecified atom stereocenters. The highest BCUT2D eigenvalue weighted by Crippen LogP contribution is 2.56. The highest BCUT2D eigenvalue weighted by Gasteiger charge is 2.22. The third-order valence-corrected chi connectivity index (χ3v) is 11.9. The largest absolute Gasteiger partial charge is 0.115 e. The van der Waals surface area contributed by atoms with Crippen molar-refractivity contribution in [1.29, 1.82) is 0 Å². The molecule has 0 fully saturated rings. The lowest BCUT2D eigenvalue weighted by atomic mass is 10.1. The minimum absolute atomic E-state index is 1.17. The van der Waals surface area contributed by atoms with Crippen molar-refractivity contribution in [2.24, 2.45) is 0 Å². The molecule has 2 rings (SSSR count). The normalized spacial score (nSPS) is 11.5. The first-order valence-corrected chi connectivity index (χ1v) is 13.0.